The maximum absolute atomic E-state index is 12.1. The minimum Gasteiger partial charge on any atom is -0.385 e. The molecule has 1 aromatic heterocycles. The number of hydrogen-bond acceptors (Lipinski definition) is 5. The summed E-state index contributed by atoms with van der Waals surface area (Å²) < 4.78 is 4.97. The van der Waals surface area contributed by atoms with Crippen LogP contribution in [0, 0.1) is 0 Å². The van der Waals surface area contributed by atoms with Crippen molar-refractivity contribution in [2.24, 2.45) is 0 Å². The van der Waals surface area contributed by atoms with Gasteiger partial charge < -0.3 is 15.4 Å². The Morgan fingerprint density at radius 2 is 2.25 bits per heavy atom. The number of carbonyl (C=O) groups is 1. The van der Waals surface area contributed by atoms with E-state index in [1.165, 1.54) is 12.8 Å². The summed E-state index contributed by atoms with van der Waals surface area (Å²) in [5.41, 5.74) is 0.418. The Hall–Kier alpha value is -1.69. The van der Waals surface area contributed by atoms with Gasteiger partial charge in [0.2, 0.25) is 5.95 Å². The molecule has 1 heterocycles. The monoisotopic (exact) mass is 278 g/mol. The molecule has 2 rings (SSSR count). The standard InChI is InChI=1S/C14H22N4O2/c1-20-10-4-8-15-14-16-9-7-12(18-14)13(19)17-11-5-2-3-6-11/h7,9,11H,2-6,8,10H2,1H3,(H,17,19)(H,15,16,18). The molecular weight excluding hydrogens is 256 g/mol. The quantitative estimate of drug-likeness (QED) is 0.741. The van der Waals surface area contributed by atoms with E-state index in [4.69, 9.17) is 4.74 Å². The van der Waals surface area contributed by atoms with Crippen molar-refractivity contribution in [3.63, 3.8) is 0 Å². The van der Waals surface area contributed by atoms with Crippen molar-refractivity contribution in [2.75, 3.05) is 25.6 Å². The van der Waals surface area contributed by atoms with Crippen LogP contribution in [0.2, 0.25) is 0 Å². The topological polar surface area (TPSA) is 76.1 Å². The molecule has 110 valence electrons. The summed E-state index contributed by atoms with van der Waals surface area (Å²) in [4.78, 5) is 20.4. The maximum Gasteiger partial charge on any atom is 0.270 e. The average Bonchev–Trinajstić information content (AvgIpc) is 2.97. The van der Waals surface area contributed by atoms with Crippen LogP contribution in [0.15, 0.2) is 12.3 Å². The lowest BCUT2D eigenvalue weighted by molar-refractivity contribution is 0.0933. The SMILES string of the molecule is COCCCNc1nccc(C(=O)NC2CCCC2)n1. The summed E-state index contributed by atoms with van der Waals surface area (Å²) in [7, 11) is 1.67. The van der Waals surface area contributed by atoms with Gasteiger partial charge in [0, 0.05) is 32.5 Å². The summed E-state index contributed by atoms with van der Waals surface area (Å²) in [5.74, 6) is 0.374. The van der Waals surface area contributed by atoms with Gasteiger partial charge in [-0.3, -0.25) is 4.79 Å². The lowest BCUT2D eigenvalue weighted by atomic mass is 10.2. The average molecular weight is 278 g/mol. The molecule has 6 nitrogen and oxygen atoms in total. The zero-order chi connectivity index (χ0) is 14.2. The first-order valence-electron chi connectivity index (χ1n) is 7.16. The number of carbonyl (C=O) groups excluding carboxylic acids is 1. The van der Waals surface area contributed by atoms with Crippen LogP contribution in [0.1, 0.15) is 42.6 Å². The third-order valence-electron chi connectivity index (χ3n) is 3.39. The van der Waals surface area contributed by atoms with Gasteiger partial charge in [0.25, 0.3) is 5.91 Å². The molecule has 0 aromatic carbocycles. The van der Waals surface area contributed by atoms with Gasteiger partial charge in [0.05, 0.1) is 0 Å². The molecule has 1 amide bonds. The number of nitrogens with one attached hydrogen (secondary N) is 2. The molecule has 20 heavy (non-hydrogen) atoms. The number of anilines is 1. The fraction of sp³-hybridized carbons (Fsp3) is 0.643. The van der Waals surface area contributed by atoms with E-state index in [0.29, 0.717) is 24.3 Å². The molecule has 1 fully saturated rings. The molecule has 0 unspecified atom stereocenters. The molecular formula is C14H22N4O2. The van der Waals surface area contributed by atoms with Crippen LogP contribution in [0.4, 0.5) is 5.95 Å². The van der Waals surface area contributed by atoms with Crippen LogP contribution in [0.3, 0.4) is 0 Å². The second-order valence-corrected chi connectivity index (χ2v) is 4.99. The zero-order valence-electron chi connectivity index (χ0n) is 11.9. The summed E-state index contributed by atoms with van der Waals surface area (Å²) in [6, 6.07) is 1.94. The van der Waals surface area contributed by atoms with Crippen LogP contribution in [-0.2, 0) is 4.74 Å². The van der Waals surface area contributed by atoms with Gasteiger partial charge in [0.15, 0.2) is 0 Å². The summed E-state index contributed by atoms with van der Waals surface area (Å²) in [5, 5.41) is 6.11. The second kappa shape index (κ2) is 7.79. The van der Waals surface area contributed by atoms with E-state index in [1.807, 2.05) is 0 Å². The Labute approximate surface area is 119 Å². The molecule has 0 aliphatic heterocycles. The molecule has 1 aromatic rings. The first-order chi connectivity index (χ1) is 9.79. The molecule has 1 saturated carbocycles. The number of rotatable bonds is 7. The van der Waals surface area contributed by atoms with Gasteiger partial charge in [-0.1, -0.05) is 12.8 Å². The van der Waals surface area contributed by atoms with Crippen molar-refractivity contribution in [1.29, 1.82) is 0 Å². The van der Waals surface area contributed by atoms with Gasteiger partial charge in [-0.2, -0.15) is 0 Å². The van der Waals surface area contributed by atoms with Crippen molar-refractivity contribution in [3.8, 4) is 0 Å². The van der Waals surface area contributed by atoms with Crippen molar-refractivity contribution < 1.29 is 9.53 Å². The minimum absolute atomic E-state index is 0.112. The van der Waals surface area contributed by atoms with E-state index in [1.54, 1.807) is 19.4 Å². The van der Waals surface area contributed by atoms with Crippen LogP contribution in [0.5, 0.6) is 0 Å². The molecule has 0 bridgehead atoms. The highest BCUT2D eigenvalue weighted by molar-refractivity contribution is 5.92. The third kappa shape index (κ3) is 4.45. The number of amides is 1. The zero-order valence-corrected chi connectivity index (χ0v) is 11.9. The van der Waals surface area contributed by atoms with Gasteiger partial charge in [0.1, 0.15) is 5.69 Å². The maximum atomic E-state index is 12.1. The number of hydrogen-bond donors (Lipinski definition) is 2. The summed E-state index contributed by atoms with van der Waals surface area (Å²) in [6.07, 6.45) is 7.01. The van der Waals surface area contributed by atoms with Gasteiger partial charge in [-0.25, -0.2) is 9.97 Å². The van der Waals surface area contributed by atoms with E-state index >= 15 is 0 Å². The first-order valence-corrected chi connectivity index (χ1v) is 7.16. The lowest BCUT2D eigenvalue weighted by Gasteiger charge is -2.11. The van der Waals surface area contributed by atoms with E-state index in [-0.39, 0.29) is 5.91 Å². The van der Waals surface area contributed by atoms with Crippen LogP contribution in [-0.4, -0.2) is 42.2 Å². The Kier molecular flexibility index (Phi) is 5.73. The highest BCUT2D eigenvalue weighted by atomic mass is 16.5. The molecule has 0 radical (unpaired) electrons. The Bertz CT molecular complexity index is 433. The highest BCUT2D eigenvalue weighted by Gasteiger charge is 2.18. The Morgan fingerprint density at radius 1 is 1.45 bits per heavy atom. The van der Waals surface area contributed by atoms with Gasteiger partial charge in [-0.05, 0) is 25.3 Å². The summed E-state index contributed by atoms with van der Waals surface area (Å²) in [6.45, 7) is 1.41. The van der Waals surface area contributed by atoms with Crippen molar-refractivity contribution >= 4 is 11.9 Å². The van der Waals surface area contributed by atoms with Crippen LogP contribution in [0.25, 0.3) is 0 Å². The molecule has 6 heteroatoms. The van der Waals surface area contributed by atoms with E-state index in [9.17, 15) is 4.79 Å². The predicted octanol–water partition coefficient (Wildman–Crippen LogP) is 1.60. The van der Waals surface area contributed by atoms with E-state index in [0.717, 1.165) is 25.8 Å². The number of methoxy groups -OCH3 is 1. The largest absolute Gasteiger partial charge is 0.385 e. The predicted molar refractivity (Wildman–Crippen MR) is 76.7 cm³/mol. The third-order valence-corrected chi connectivity index (χ3v) is 3.39. The van der Waals surface area contributed by atoms with Crippen molar-refractivity contribution in [2.45, 2.75) is 38.1 Å². The highest BCUT2D eigenvalue weighted by Crippen LogP contribution is 2.17. The fourth-order valence-electron chi connectivity index (χ4n) is 2.32. The Balaban J connectivity index is 1.85. The van der Waals surface area contributed by atoms with Crippen LogP contribution < -0.4 is 10.6 Å². The number of nitrogens with zero attached hydrogens (tertiary/aromatic N) is 2. The van der Waals surface area contributed by atoms with Crippen LogP contribution >= 0.6 is 0 Å². The van der Waals surface area contributed by atoms with Gasteiger partial charge >= 0.3 is 0 Å². The molecule has 1 aliphatic carbocycles. The Morgan fingerprint density at radius 3 is 3.00 bits per heavy atom. The van der Waals surface area contributed by atoms with Gasteiger partial charge in [-0.15, -0.1) is 0 Å². The molecule has 2 N–H and O–H groups in total. The fourth-order valence-corrected chi connectivity index (χ4v) is 2.32. The van der Waals surface area contributed by atoms with E-state index < -0.39 is 0 Å². The van der Waals surface area contributed by atoms with Crippen molar-refractivity contribution in [1.82, 2.24) is 15.3 Å². The second-order valence-electron chi connectivity index (χ2n) is 4.99. The van der Waals surface area contributed by atoms with E-state index in [2.05, 4.69) is 20.6 Å². The smallest absolute Gasteiger partial charge is 0.270 e. The summed E-state index contributed by atoms with van der Waals surface area (Å²) >= 11 is 0. The first kappa shape index (κ1) is 14.7. The minimum atomic E-state index is -0.112. The number of aromatic nitrogens is 2. The number of ether oxygens (including phenoxy) is 1. The molecule has 0 atom stereocenters. The molecule has 0 spiro atoms. The van der Waals surface area contributed by atoms with Crippen molar-refractivity contribution in [3.05, 3.63) is 18.0 Å². The molecule has 1 aliphatic rings. The lowest BCUT2D eigenvalue weighted by Crippen LogP contribution is -2.33. The molecule has 0 saturated heterocycles. The normalized spacial score (nSPS) is 15.2.